The number of unbranched alkanes of at least 4 members (excludes halogenated alkanes) is 1. The first kappa shape index (κ1) is 13.0. The van der Waals surface area contributed by atoms with Gasteiger partial charge in [0.05, 0.1) is 6.54 Å². The molecule has 14 heavy (non-hydrogen) atoms. The van der Waals surface area contributed by atoms with E-state index in [2.05, 4.69) is 29.4 Å². The molecule has 0 fully saturated rings. The number of hydrogen-bond acceptors (Lipinski definition) is 2. The molecule has 0 aliphatic carbocycles. The van der Waals surface area contributed by atoms with Crippen molar-refractivity contribution in [1.82, 2.24) is 10.6 Å². The van der Waals surface area contributed by atoms with Gasteiger partial charge in [-0.25, -0.2) is 0 Å². The third-order valence-electron chi connectivity index (χ3n) is 1.74. The summed E-state index contributed by atoms with van der Waals surface area (Å²) in [5.74, 6) is 5.81. The Bertz CT molecular complexity index is 203. The maximum Gasteiger partial charge on any atom is 0.233 e. The van der Waals surface area contributed by atoms with E-state index in [1.807, 2.05) is 6.92 Å². The fourth-order valence-corrected chi connectivity index (χ4v) is 0.945. The first-order valence-corrected chi connectivity index (χ1v) is 5.18. The molecule has 0 bridgehead atoms. The first-order valence-electron chi connectivity index (χ1n) is 5.18. The summed E-state index contributed by atoms with van der Waals surface area (Å²) >= 11 is 0. The smallest absolute Gasteiger partial charge is 0.233 e. The van der Waals surface area contributed by atoms with Gasteiger partial charge >= 0.3 is 0 Å². The molecule has 0 rings (SSSR count). The van der Waals surface area contributed by atoms with Crippen LogP contribution in [-0.2, 0) is 4.79 Å². The third kappa shape index (κ3) is 9.08. The second-order valence-corrected chi connectivity index (χ2v) is 3.06. The Morgan fingerprint density at radius 1 is 1.36 bits per heavy atom. The zero-order chi connectivity index (χ0) is 10.6. The summed E-state index contributed by atoms with van der Waals surface area (Å²) in [6.07, 6.45) is 2.96. The molecule has 0 radical (unpaired) electrons. The number of carbonyl (C=O) groups is 1. The molecular weight excluding hydrogens is 176 g/mol. The van der Waals surface area contributed by atoms with E-state index in [0.29, 0.717) is 6.54 Å². The fraction of sp³-hybridized carbons (Fsp3) is 0.727. The van der Waals surface area contributed by atoms with Crippen molar-refractivity contribution >= 4 is 5.91 Å². The molecule has 0 unspecified atom stereocenters. The maximum atomic E-state index is 11.1. The summed E-state index contributed by atoms with van der Waals surface area (Å²) < 4.78 is 0. The van der Waals surface area contributed by atoms with Crippen LogP contribution in [0.25, 0.3) is 0 Å². The molecule has 3 nitrogen and oxygen atoms in total. The summed E-state index contributed by atoms with van der Waals surface area (Å²) in [6, 6.07) is 0. The van der Waals surface area contributed by atoms with Crippen LogP contribution in [0.2, 0.25) is 0 Å². The standard InChI is InChI=1S/C11H20N2O/c1-3-5-7-8-12-10-11(14)13-9-6-4-2/h12H,4,6-10H2,1-2H3,(H,13,14). The van der Waals surface area contributed by atoms with E-state index in [1.165, 1.54) is 0 Å². The fourth-order valence-electron chi connectivity index (χ4n) is 0.945. The van der Waals surface area contributed by atoms with Gasteiger partial charge in [-0.2, -0.15) is 0 Å². The summed E-state index contributed by atoms with van der Waals surface area (Å²) in [4.78, 5) is 11.1. The molecule has 2 N–H and O–H groups in total. The lowest BCUT2D eigenvalue weighted by Gasteiger charge is -2.04. The Balaban J connectivity index is 3.21. The van der Waals surface area contributed by atoms with E-state index in [-0.39, 0.29) is 5.91 Å². The molecule has 0 aromatic carbocycles. The normalized spacial score (nSPS) is 9.00. The summed E-state index contributed by atoms with van der Waals surface area (Å²) in [5, 5.41) is 5.87. The van der Waals surface area contributed by atoms with Crippen LogP contribution in [0.1, 0.15) is 33.1 Å². The molecule has 3 heteroatoms. The number of amides is 1. The van der Waals surface area contributed by atoms with Crippen molar-refractivity contribution in [3.63, 3.8) is 0 Å². The van der Waals surface area contributed by atoms with Crippen molar-refractivity contribution in [1.29, 1.82) is 0 Å². The Kier molecular flexibility index (Phi) is 9.35. The van der Waals surface area contributed by atoms with E-state index >= 15 is 0 Å². The largest absolute Gasteiger partial charge is 0.355 e. The second-order valence-electron chi connectivity index (χ2n) is 3.06. The molecule has 0 saturated carbocycles. The minimum absolute atomic E-state index is 0.0721. The quantitative estimate of drug-likeness (QED) is 0.469. The van der Waals surface area contributed by atoms with Crippen LogP contribution in [0.4, 0.5) is 0 Å². The number of carbonyl (C=O) groups excluding carboxylic acids is 1. The van der Waals surface area contributed by atoms with Gasteiger partial charge in [-0.15, -0.1) is 11.8 Å². The highest BCUT2D eigenvalue weighted by Crippen LogP contribution is 1.81. The van der Waals surface area contributed by atoms with Gasteiger partial charge in [-0.3, -0.25) is 4.79 Å². The molecule has 1 amide bonds. The SMILES string of the molecule is CC#CCCNCC(=O)NCCCC. The zero-order valence-corrected chi connectivity index (χ0v) is 9.15. The average molecular weight is 196 g/mol. The van der Waals surface area contributed by atoms with Crippen molar-refractivity contribution in [3.05, 3.63) is 0 Å². The van der Waals surface area contributed by atoms with E-state index in [1.54, 1.807) is 0 Å². The van der Waals surface area contributed by atoms with Crippen molar-refractivity contribution in [3.8, 4) is 11.8 Å². The van der Waals surface area contributed by atoms with E-state index in [4.69, 9.17) is 0 Å². The van der Waals surface area contributed by atoms with E-state index < -0.39 is 0 Å². The van der Waals surface area contributed by atoms with Crippen molar-refractivity contribution in [2.45, 2.75) is 33.1 Å². The Hall–Kier alpha value is -1.01. The lowest BCUT2D eigenvalue weighted by molar-refractivity contribution is -0.120. The van der Waals surface area contributed by atoms with Crippen LogP contribution in [0.5, 0.6) is 0 Å². The van der Waals surface area contributed by atoms with Gasteiger partial charge in [-0.05, 0) is 13.3 Å². The first-order chi connectivity index (χ1) is 6.81. The molecule has 0 heterocycles. The number of nitrogens with one attached hydrogen (secondary N) is 2. The van der Waals surface area contributed by atoms with E-state index in [0.717, 1.165) is 32.4 Å². The summed E-state index contributed by atoms with van der Waals surface area (Å²) in [7, 11) is 0. The molecule has 80 valence electrons. The monoisotopic (exact) mass is 196 g/mol. The molecular formula is C11H20N2O. The predicted octanol–water partition coefficient (Wildman–Crippen LogP) is 0.906. The highest BCUT2D eigenvalue weighted by Gasteiger charge is 1.97. The van der Waals surface area contributed by atoms with Crippen molar-refractivity contribution < 1.29 is 4.79 Å². The van der Waals surface area contributed by atoms with Gasteiger partial charge in [-0.1, -0.05) is 13.3 Å². The highest BCUT2D eigenvalue weighted by molar-refractivity contribution is 5.77. The lowest BCUT2D eigenvalue weighted by atomic mass is 10.3. The van der Waals surface area contributed by atoms with Crippen LogP contribution < -0.4 is 10.6 Å². The van der Waals surface area contributed by atoms with Crippen LogP contribution in [0, 0.1) is 11.8 Å². The Morgan fingerprint density at radius 2 is 2.14 bits per heavy atom. The van der Waals surface area contributed by atoms with Crippen LogP contribution in [-0.4, -0.2) is 25.5 Å². The third-order valence-corrected chi connectivity index (χ3v) is 1.74. The van der Waals surface area contributed by atoms with Crippen LogP contribution >= 0.6 is 0 Å². The Morgan fingerprint density at radius 3 is 2.79 bits per heavy atom. The van der Waals surface area contributed by atoms with Crippen molar-refractivity contribution in [2.24, 2.45) is 0 Å². The minimum Gasteiger partial charge on any atom is -0.355 e. The van der Waals surface area contributed by atoms with Gasteiger partial charge in [0, 0.05) is 19.5 Å². The molecule has 0 saturated heterocycles. The lowest BCUT2D eigenvalue weighted by Crippen LogP contribution is -2.34. The summed E-state index contributed by atoms with van der Waals surface area (Å²) in [5.41, 5.74) is 0. The molecule has 0 aromatic rings. The second kappa shape index (κ2) is 10.1. The zero-order valence-electron chi connectivity index (χ0n) is 9.15. The molecule has 0 aliphatic rings. The van der Waals surface area contributed by atoms with Gasteiger partial charge in [0.15, 0.2) is 0 Å². The number of hydrogen-bond donors (Lipinski definition) is 2. The topological polar surface area (TPSA) is 41.1 Å². The molecule has 0 atom stereocenters. The highest BCUT2D eigenvalue weighted by atomic mass is 16.1. The summed E-state index contributed by atoms with van der Waals surface area (Å²) in [6.45, 7) is 5.88. The van der Waals surface area contributed by atoms with Crippen LogP contribution in [0.15, 0.2) is 0 Å². The molecule has 0 aliphatic heterocycles. The molecule has 0 aromatic heterocycles. The average Bonchev–Trinajstić information content (AvgIpc) is 2.18. The van der Waals surface area contributed by atoms with Crippen LogP contribution in [0.3, 0.4) is 0 Å². The van der Waals surface area contributed by atoms with Gasteiger partial charge in [0.1, 0.15) is 0 Å². The number of rotatable bonds is 7. The predicted molar refractivity (Wildman–Crippen MR) is 58.9 cm³/mol. The van der Waals surface area contributed by atoms with E-state index in [9.17, 15) is 4.79 Å². The maximum absolute atomic E-state index is 11.1. The van der Waals surface area contributed by atoms with Gasteiger partial charge < -0.3 is 10.6 Å². The van der Waals surface area contributed by atoms with Crippen molar-refractivity contribution in [2.75, 3.05) is 19.6 Å². The Labute approximate surface area is 86.6 Å². The molecule has 0 spiro atoms. The van der Waals surface area contributed by atoms with Gasteiger partial charge in [0.2, 0.25) is 5.91 Å². The van der Waals surface area contributed by atoms with Gasteiger partial charge in [0.25, 0.3) is 0 Å². The minimum atomic E-state index is 0.0721.